The third-order valence-electron chi connectivity index (χ3n) is 3.42. The first-order chi connectivity index (χ1) is 9.15. The molecular formula is C15H19NO3. The number of carboxylic acid groups (broad SMARTS) is 1. The van der Waals surface area contributed by atoms with Crippen LogP contribution in [0.2, 0.25) is 0 Å². The number of benzene rings is 1. The van der Waals surface area contributed by atoms with Crippen molar-refractivity contribution in [2.24, 2.45) is 0 Å². The number of carbonyl (C=O) groups excluding carboxylic acids is 1. The lowest BCUT2D eigenvalue weighted by molar-refractivity contribution is -0.137. The van der Waals surface area contributed by atoms with Gasteiger partial charge >= 0.3 is 5.97 Å². The zero-order valence-corrected chi connectivity index (χ0v) is 10.9. The van der Waals surface area contributed by atoms with E-state index >= 15 is 0 Å². The van der Waals surface area contributed by atoms with Crippen LogP contribution in [0.25, 0.3) is 0 Å². The Morgan fingerprint density at radius 3 is 2.84 bits per heavy atom. The number of aliphatic carboxylic acids is 1. The maximum atomic E-state index is 11.3. The van der Waals surface area contributed by atoms with Gasteiger partial charge in [-0.25, -0.2) is 0 Å². The molecule has 0 atom stereocenters. The molecular weight excluding hydrogens is 242 g/mol. The number of carboxylic acids is 1. The standard InChI is InChI=1S/C15H19NO3/c17-14-9-7-12-10-11(6-8-13(12)16-14)4-2-1-3-5-15(18)19/h6,8,10H,1-5,7,9H2,(H,16,17)(H,18,19). The monoisotopic (exact) mass is 261 g/mol. The molecule has 4 heteroatoms. The topological polar surface area (TPSA) is 66.4 Å². The molecule has 1 aliphatic rings. The molecule has 4 nitrogen and oxygen atoms in total. The highest BCUT2D eigenvalue weighted by Gasteiger charge is 2.14. The average Bonchev–Trinajstić information content (AvgIpc) is 2.38. The number of anilines is 1. The Balaban J connectivity index is 1.82. The van der Waals surface area contributed by atoms with Gasteiger partial charge in [-0.05, 0) is 42.9 Å². The van der Waals surface area contributed by atoms with E-state index in [2.05, 4.69) is 11.4 Å². The third kappa shape index (κ3) is 4.09. The SMILES string of the molecule is O=C(O)CCCCCc1ccc2c(c1)CCC(=O)N2. The van der Waals surface area contributed by atoms with Crippen LogP contribution in [0.1, 0.15) is 43.2 Å². The summed E-state index contributed by atoms with van der Waals surface area (Å²) in [6, 6.07) is 6.17. The molecule has 1 amide bonds. The first-order valence-corrected chi connectivity index (χ1v) is 6.78. The van der Waals surface area contributed by atoms with Crippen LogP contribution in [0.5, 0.6) is 0 Å². The predicted molar refractivity (Wildman–Crippen MR) is 73.2 cm³/mol. The van der Waals surface area contributed by atoms with Gasteiger partial charge in [0.1, 0.15) is 0 Å². The van der Waals surface area contributed by atoms with Crippen molar-refractivity contribution >= 4 is 17.6 Å². The molecule has 1 aliphatic heterocycles. The number of hydrogen-bond acceptors (Lipinski definition) is 2. The fraction of sp³-hybridized carbons (Fsp3) is 0.467. The van der Waals surface area contributed by atoms with E-state index in [0.717, 1.165) is 37.8 Å². The first kappa shape index (κ1) is 13.6. The van der Waals surface area contributed by atoms with Gasteiger partial charge in [-0.1, -0.05) is 18.6 Å². The highest BCUT2D eigenvalue weighted by molar-refractivity contribution is 5.93. The van der Waals surface area contributed by atoms with Crippen LogP contribution in [0.15, 0.2) is 18.2 Å². The lowest BCUT2D eigenvalue weighted by Gasteiger charge is -2.17. The molecule has 0 fully saturated rings. The fourth-order valence-electron chi connectivity index (χ4n) is 2.37. The molecule has 1 aromatic carbocycles. The number of rotatable bonds is 6. The maximum absolute atomic E-state index is 11.3. The molecule has 102 valence electrons. The Bertz CT molecular complexity index is 482. The fourth-order valence-corrected chi connectivity index (χ4v) is 2.37. The van der Waals surface area contributed by atoms with E-state index < -0.39 is 5.97 Å². The number of fused-ring (bicyclic) bond motifs is 1. The van der Waals surface area contributed by atoms with Gasteiger partial charge in [0, 0.05) is 18.5 Å². The van der Waals surface area contributed by atoms with Crippen molar-refractivity contribution in [3.63, 3.8) is 0 Å². The molecule has 0 unspecified atom stereocenters. The summed E-state index contributed by atoms with van der Waals surface area (Å²) in [5, 5.41) is 11.4. The molecule has 1 aromatic rings. The maximum Gasteiger partial charge on any atom is 0.303 e. The molecule has 0 aromatic heterocycles. The number of amides is 1. The smallest absolute Gasteiger partial charge is 0.303 e. The van der Waals surface area contributed by atoms with Gasteiger partial charge in [0.05, 0.1) is 0 Å². The first-order valence-electron chi connectivity index (χ1n) is 6.78. The van der Waals surface area contributed by atoms with Crippen molar-refractivity contribution in [2.45, 2.75) is 44.9 Å². The molecule has 0 bridgehead atoms. The van der Waals surface area contributed by atoms with Crippen LogP contribution in [0.4, 0.5) is 5.69 Å². The average molecular weight is 261 g/mol. The lowest BCUT2D eigenvalue weighted by Crippen LogP contribution is -2.18. The second-order valence-corrected chi connectivity index (χ2v) is 4.99. The lowest BCUT2D eigenvalue weighted by atomic mass is 9.98. The van der Waals surface area contributed by atoms with Crippen LogP contribution in [0, 0.1) is 0 Å². The number of carbonyl (C=O) groups is 2. The van der Waals surface area contributed by atoms with Crippen molar-refractivity contribution in [2.75, 3.05) is 5.32 Å². The Kier molecular flexibility index (Phi) is 4.55. The summed E-state index contributed by atoms with van der Waals surface area (Å²) in [6.45, 7) is 0. The largest absolute Gasteiger partial charge is 0.481 e. The van der Waals surface area contributed by atoms with E-state index in [1.165, 1.54) is 11.1 Å². The number of aryl methyl sites for hydroxylation is 2. The minimum atomic E-state index is -0.718. The molecule has 19 heavy (non-hydrogen) atoms. The second kappa shape index (κ2) is 6.36. The molecule has 0 aliphatic carbocycles. The summed E-state index contributed by atoms with van der Waals surface area (Å²) in [4.78, 5) is 21.6. The van der Waals surface area contributed by atoms with Crippen molar-refractivity contribution in [3.05, 3.63) is 29.3 Å². The summed E-state index contributed by atoms with van der Waals surface area (Å²) in [6.07, 6.45) is 5.31. The molecule has 2 N–H and O–H groups in total. The van der Waals surface area contributed by atoms with Crippen molar-refractivity contribution in [1.82, 2.24) is 0 Å². The van der Waals surface area contributed by atoms with Crippen molar-refractivity contribution in [1.29, 1.82) is 0 Å². The minimum Gasteiger partial charge on any atom is -0.481 e. The van der Waals surface area contributed by atoms with Gasteiger partial charge in [-0.15, -0.1) is 0 Å². The van der Waals surface area contributed by atoms with Gasteiger partial charge < -0.3 is 10.4 Å². The minimum absolute atomic E-state index is 0.0916. The Morgan fingerprint density at radius 2 is 2.05 bits per heavy atom. The number of nitrogens with one attached hydrogen (secondary N) is 1. The van der Waals surface area contributed by atoms with E-state index in [1.807, 2.05) is 12.1 Å². The van der Waals surface area contributed by atoms with Crippen molar-refractivity contribution < 1.29 is 14.7 Å². The van der Waals surface area contributed by atoms with Gasteiger partial charge in [0.15, 0.2) is 0 Å². The van der Waals surface area contributed by atoms with Gasteiger partial charge in [0.2, 0.25) is 5.91 Å². The molecule has 0 saturated heterocycles. The molecule has 0 saturated carbocycles. The van der Waals surface area contributed by atoms with Crippen LogP contribution in [-0.4, -0.2) is 17.0 Å². The van der Waals surface area contributed by atoms with Crippen LogP contribution in [-0.2, 0) is 22.4 Å². The molecule has 0 radical (unpaired) electrons. The highest BCUT2D eigenvalue weighted by atomic mass is 16.4. The van der Waals surface area contributed by atoms with Gasteiger partial charge in [-0.2, -0.15) is 0 Å². The van der Waals surface area contributed by atoms with E-state index in [0.29, 0.717) is 6.42 Å². The Morgan fingerprint density at radius 1 is 1.21 bits per heavy atom. The van der Waals surface area contributed by atoms with E-state index in [9.17, 15) is 9.59 Å². The quantitative estimate of drug-likeness (QED) is 0.774. The highest BCUT2D eigenvalue weighted by Crippen LogP contribution is 2.24. The van der Waals surface area contributed by atoms with E-state index in [-0.39, 0.29) is 12.3 Å². The summed E-state index contributed by atoms with van der Waals surface area (Å²) >= 11 is 0. The van der Waals surface area contributed by atoms with E-state index in [1.54, 1.807) is 0 Å². The molecule has 1 heterocycles. The Hall–Kier alpha value is -1.84. The number of unbranched alkanes of at least 4 members (excludes halogenated alkanes) is 2. The van der Waals surface area contributed by atoms with Crippen LogP contribution < -0.4 is 5.32 Å². The summed E-state index contributed by atoms with van der Waals surface area (Å²) in [5.74, 6) is -0.626. The number of hydrogen-bond donors (Lipinski definition) is 2. The second-order valence-electron chi connectivity index (χ2n) is 4.99. The normalized spacial score (nSPS) is 13.8. The molecule has 2 rings (SSSR count). The predicted octanol–water partition coefficient (Wildman–Crippen LogP) is 2.76. The zero-order valence-electron chi connectivity index (χ0n) is 10.9. The molecule has 0 spiro atoms. The summed E-state index contributed by atoms with van der Waals surface area (Å²) in [5.41, 5.74) is 3.42. The van der Waals surface area contributed by atoms with Gasteiger partial charge in [-0.3, -0.25) is 9.59 Å². The van der Waals surface area contributed by atoms with Crippen LogP contribution >= 0.6 is 0 Å². The zero-order chi connectivity index (χ0) is 13.7. The summed E-state index contributed by atoms with van der Waals surface area (Å²) < 4.78 is 0. The van der Waals surface area contributed by atoms with Gasteiger partial charge in [0.25, 0.3) is 0 Å². The van der Waals surface area contributed by atoms with E-state index in [4.69, 9.17) is 5.11 Å². The summed E-state index contributed by atoms with van der Waals surface area (Å²) in [7, 11) is 0. The van der Waals surface area contributed by atoms with Crippen LogP contribution in [0.3, 0.4) is 0 Å². The third-order valence-corrected chi connectivity index (χ3v) is 3.42. The Labute approximate surface area is 112 Å². The van der Waals surface area contributed by atoms with Crippen molar-refractivity contribution in [3.8, 4) is 0 Å².